The summed E-state index contributed by atoms with van der Waals surface area (Å²) in [5.41, 5.74) is 7.76. The number of halogens is 1. The molecule has 0 atom stereocenters. The topological polar surface area (TPSA) is 71.2 Å². The number of nitrogens with zero attached hydrogens (tertiary/aromatic N) is 5. The molecule has 0 amide bonds. The SMILES string of the molecule is Nc1cnccc1N1CCN(c2ncc(I)cn2)CC1. The molecule has 0 radical (unpaired) electrons. The molecular formula is C13H15IN6. The maximum Gasteiger partial charge on any atom is 0.225 e. The van der Waals surface area contributed by atoms with Crippen LogP contribution < -0.4 is 15.5 Å². The van der Waals surface area contributed by atoms with Crippen molar-refractivity contribution >= 4 is 39.9 Å². The highest BCUT2D eigenvalue weighted by atomic mass is 127. The van der Waals surface area contributed by atoms with Crippen LogP contribution in [-0.2, 0) is 0 Å². The molecule has 3 rings (SSSR count). The third kappa shape index (κ3) is 2.77. The van der Waals surface area contributed by atoms with Gasteiger partial charge in [0.1, 0.15) is 0 Å². The van der Waals surface area contributed by atoms with Crippen molar-refractivity contribution in [1.29, 1.82) is 0 Å². The first-order valence-electron chi connectivity index (χ1n) is 6.41. The van der Waals surface area contributed by atoms with E-state index in [1.165, 1.54) is 0 Å². The van der Waals surface area contributed by atoms with Crippen molar-refractivity contribution in [2.24, 2.45) is 0 Å². The Hall–Kier alpha value is -1.64. The van der Waals surface area contributed by atoms with E-state index in [1.807, 2.05) is 18.5 Å². The van der Waals surface area contributed by atoms with Gasteiger partial charge in [-0.05, 0) is 28.7 Å². The predicted octanol–water partition coefficient (Wildman–Crippen LogP) is 1.39. The lowest BCUT2D eigenvalue weighted by molar-refractivity contribution is 0.640. The van der Waals surface area contributed by atoms with Crippen molar-refractivity contribution in [2.45, 2.75) is 0 Å². The summed E-state index contributed by atoms with van der Waals surface area (Å²) in [5, 5.41) is 0. The second-order valence-corrected chi connectivity index (χ2v) is 5.86. The van der Waals surface area contributed by atoms with Crippen molar-refractivity contribution in [3.05, 3.63) is 34.4 Å². The Balaban J connectivity index is 1.68. The molecule has 1 aliphatic rings. The first-order chi connectivity index (χ1) is 9.74. The average Bonchev–Trinajstić information content (AvgIpc) is 2.49. The summed E-state index contributed by atoms with van der Waals surface area (Å²) >= 11 is 2.21. The van der Waals surface area contributed by atoms with E-state index in [0.29, 0.717) is 0 Å². The van der Waals surface area contributed by atoms with E-state index < -0.39 is 0 Å². The number of pyridine rings is 1. The summed E-state index contributed by atoms with van der Waals surface area (Å²) in [6.07, 6.45) is 7.16. The highest BCUT2D eigenvalue weighted by Gasteiger charge is 2.20. The molecule has 1 fully saturated rings. The largest absolute Gasteiger partial charge is 0.396 e. The zero-order chi connectivity index (χ0) is 13.9. The van der Waals surface area contributed by atoms with E-state index in [-0.39, 0.29) is 0 Å². The van der Waals surface area contributed by atoms with Crippen LogP contribution in [0, 0.1) is 3.57 Å². The van der Waals surface area contributed by atoms with Crippen molar-refractivity contribution < 1.29 is 0 Å². The van der Waals surface area contributed by atoms with E-state index in [0.717, 1.165) is 47.1 Å². The zero-order valence-corrected chi connectivity index (χ0v) is 13.1. The summed E-state index contributed by atoms with van der Waals surface area (Å²) in [6, 6.07) is 1.96. The fourth-order valence-electron chi connectivity index (χ4n) is 2.30. The summed E-state index contributed by atoms with van der Waals surface area (Å²) in [6.45, 7) is 3.60. The molecule has 0 unspecified atom stereocenters. The molecule has 2 N–H and O–H groups in total. The Morgan fingerprint density at radius 2 is 1.65 bits per heavy atom. The van der Waals surface area contributed by atoms with Gasteiger partial charge in [0.05, 0.1) is 17.6 Å². The van der Waals surface area contributed by atoms with Gasteiger partial charge in [0.15, 0.2) is 0 Å². The monoisotopic (exact) mass is 382 g/mol. The van der Waals surface area contributed by atoms with E-state index in [2.05, 4.69) is 47.3 Å². The van der Waals surface area contributed by atoms with Crippen LogP contribution in [0.25, 0.3) is 0 Å². The van der Waals surface area contributed by atoms with Crippen LogP contribution >= 0.6 is 22.6 Å². The number of nitrogens with two attached hydrogens (primary N) is 1. The molecule has 0 spiro atoms. The Bertz CT molecular complexity index is 580. The minimum Gasteiger partial charge on any atom is -0.396 e. The van der Waals surface area contributed by atoms with E-state index >= 15 is 0 Å². The first-order valence-corrected chi connectivity index (χ1v) is 7.49. The molecule has 3 heterocycles. The van der Waals surface area contributed by atoms with Crippen LogP contribution in [0.2, 0.25) is 0 Å². The number of hydrogen-bond donors (Lipinski definition) is 1. The summed E-state index contributed by atoms with van der Waals surface area (Å²) in [4.78, 5) is 17.2. The number of piperazine rings is 1. The minimum atomic E-state index is 0.728. The minimum absolute atomic E-state index is 0.728. The zero-order valence-electron chi connectivity index (χ0n) is 10.9. The van der Waals surface area contributed by atoms with Crippen LogP contribution in [0.1, 0.15) is 0 Å². The van der Waals surface area contributed by atoms with E-state index in [4.69, 9.17) is 5.73 Å². The van der Waals surface area contributed by atoms with E-state index in [9.17, 15) is 0 Å². The molecule has 20 heavy (non-hydrogen) atoms. The number of nitrogen functional groups attached to an aromatic ring is 1. The standard InChI is InChI=1S/C13H15IN6/c14-10-7-17-13(18-8-10)20-5-3-19(4-6-20)12-1-2-16-9-11(12)15/h1-2,7-9H,3-6,15H2. The number of rotatable bonds is 2. The summed E-state index contributed by atoms with van der Waals surface area (Å²) in [5.74, 6) is 0.799. The molecule has 0 bridgehead atoms. The molecule has 1 aliphatic heterocycles. The van der Waals surface area contributed by atoms with Gasteiger partial charge in [-0.2, -0.15) is 0 Å². The third-order valence-electron chi connectivity index (χ3n) is 3.34. The average molecular weight is 382 g/mol. The quantitative estimate of drug-likeness (QED) is 0.792. The Labute approximate surface area is 131 Å². The van der Waals surface area contributed by atoms with Crippen molar-refractivity contribution in [2.75, 3.05) is 41.7 Å². The maximum absolute atomic E-state index is 5.97. The molecule has 7 heteroatoms. The number of anilines is 3. The molecule has 104 valence electrons. The normalized spacial score (nSPS) is 15.4. The van der Waals surface area contributed by atoms with Gasteiger partial charge in [-0.1, -0.05) is 0 Å². The van der Waals surface area contributed by atoms with Crippen LogP contribution in [0.3, 0.4) is 0 Å². The number of hydrogen-bond acceptors (Lipinski definition) is 6. The van der Waals surface area contributed by atoms with E-state index in [1.54, 1.807) is 12.4 Å². The molecule has 6 nitrogen and oxygen atoms in total. The summed E-state index contributed by atoms with van der Waals surface area (Å²) < 4.78 is 1.05. The lowest BCUT2D eigenvalue weighted by Crippen LogP contribution is -2.47. The van der Waals surface area contributed by atoms with Gasteiger partial charge in [-0.25, -0.2) is 9.97 Å². The van der Waals surface area contributed by atoms with Gasteiger partial charge < -0.3 is 15.5 Å². The van der Waals surface area contributed by atoms with Gasteiger partial charge in [-0.3, -0.25) is 4.98 Å². The lowest BCUT2D eigenvalue weighted by atomic mass is 10.2. The number of aromatic nitrogens is 3. The lowest BCUT2D eigenvalue weighted by Gasteiger charge is -2.36. The molecule has 0 aliphatic carbocycles. The molecule has 2 aromatic heterocycles. The van der Waals surface area contributed by atoms with Crippen LogP contribution in [0.15, 0.2) is 30.9 Å². The van der Waals surface area contributed by atoms with Crippen LogP contribution in [0.5, 0.6) is 0 Å². The van der Waals surface area contributed by atoms with Crippen LogP contribution in [-0.4, -0.2) is 41.1 Å². The van der Waals surface area contributed by atoms with Gasteiger partial charge in [0.2, 0.25) is 5.95 Å². The van der Waals surface area contributed by atoms with Crippen molar-refractivity contribution in [3.8, 4) is 0 Å². The molecular weight excluding hydrogens is 367 g/mol. The van der Waals surface area contributed by atoms with Crippen molar-refractivity contribution in [1.82, 2.24) is 15.0 Å². The van der Waals surface area contributed by atoms with Crippen molar-refractivity contribution in [3.63, 3.8) is 0 Å². The highest BCUT2D eigenvalue weighted by Crippen LogP contribution is 2.23. The van der Waals surface area contributed by atoms with Gasteiger partial charge >= 0.3 is 0 Å². The Morgan fingerprint density at radius 1 is 1.00 bits per heavy atom. The molecule has 1 saturated heterocycles. The second-order valence-electron chi connectivity index (χ2n) is 4.61. The van der Waals surface area contributed by atoms with Gasteiger partial charge in [0, 0.05) is 48.3 Å². The van der Waals surface area contributed by atoms with Crippen LogP contribution in [0.4, 0.5) is 17.3 Å². The Kier molecular flexibility index (Phi) is 3.86. The second kappa shape index (κ2) is 5.78. The third-order valence-corrected chi connectivity index (χ3v) is 3.89. The summed E-state index contributed by atoms with van der Waals surface area (Å²) in [7, 11) is 0. The molecule has 2 aromatic rings. The van der Waals surface area contributed by atoms with Gasteiger partial charge in [-0.15, -0.1) is 0 Å². The Morgan fingerprint density at radius 3 is 2.30 bits per heavy atom. The first kappa shape index (κ1) is 13.3. The highest BCUT2D eigenvalue weighted by molar-refractivity contribution is 14.1. The fourth-order valence-corrected chi connectivity index (χ4v) is 2.58. The predicted molar refractivity (Wildman–Crippen MR) is 87.8 cm³/mol. The van der Waals surface area contributed by atoms with Gasteiger partial charge in [0.25, 0.3) is 0 Å². The fraction of sp³-hybridized carbons (Fsp3) is 0.308. The molecule has 0 saturated carbocycles. The molecule has 0 aromatic carbocycles. The maximum atomic E-state index is 5.97. The smallest absolute Gasteiger partial charge is 0.225 e.